The van der Waals surface area contributed by atoms with Crippen LogP contribution in [0.1, 0.15) is 252 Å². The number of amides is 1. The number of hydrogen-bond acceptors (Lipinski definition) is 9. The highest BCUT2D eigenvalue weighted by Crippen LogP contribution is 2.19. The second kappa shape index (κ2) is 43.6. The number of aliphatic hydroxyl groups excluding tert-OH is 1. The quantitative estimate of drug-likeness (QED) is 0.0427. The van der Waals surface area contributed by atoms with Gasteiger partial charge in [-0.15, -0.1) is 0 Å². The lowest BCUT2D eigenvalue weighted by Crippen LogP contribution is -2.39. The molecule has 1 heterocycles. The van der Waals surface area contributed by atoms with Crippen LogP contribution in [0, 0.1) is 0 Å². The monoisotopic (exact) mass is 919 g/mol. The summed E-state index contributed by atoms with van der Waals surface area (Å²) in [4.78, 5) is 65.2. The van der Waals surface area contributed by atoms with Crippen LogP contribution in [0.15, 0.2) is 21.9 Å². The number of rotatable bonds is 46. The van der Waals surface area contributed by atoms with Gasteiger partial charge in [-0.2, -0.15) is 0 Å². The second-order valence-corrected chi connectivity index (χ2v) is 18.8. The molecule has 0 aliphatic carbocycles. The van der Waals surface area contributed by atoms with Crippen molar-refractivity contribution in [1.29, 1.82) is 0 Å². The summed E-state index contributed by atoms with van der Waals surface area (Å²) in [5.74, 6) is -0.140. The summed E-state index contributed by atoms with van der Waals surface area (Å²) in [6.45, 7) is 9.88. The molecule has 1 amide bonds. The maximum atomic E-state index is 12.9. The number of esters is 2. The molecule has 0 fully saturated rings. The Balaban J connectivity index is 2.46. The number of nitrogens with one attached hydrogen (secondary N) is 2. The van der Waals surface area contributed by atoms with Gasteiger partial charge in [-0.1, -0.05) is 162 Å². The van der Waals surface area contributed by atoms with E-state index in [-0.39, 0.29) is 18.0 Å². The summed E-state index contributed by atoms with van der Waals surface area (Å²) < 4.78 is 12.4. The molecule has 0 radical (unpaired) electrons. The van der Waals surface area contributed by atoms with Gasteiger partial charge in [-0.3, -0.25) is 19.4 Å². The Morgan fingerprint density at radius 2 is 1.06 bits per heavy atom. The average Bonchev–Trinajstić information content (AvgIpc) is 3.28. The number of aromatic nitrogens is 2. The number of nitrogens with zero attached hydrogens (tertiary/aromatic N) is 2. The lowest BCUT2D eigenvalue weighted by Gasteiger charge is -2.25. The van der Waals surface area contributed by atoms with Gasteiger partial charge in [0.1, 0.15) is 6.10 Å². The molecule has 3 N–H and O–H groups in total. The largest absolute Gasteiger partial charge is 0.466 e. The van der Waals surface area contributed by atoms with Crippen LogP contribution in [0.25, 0.3) is 0 Å². The van der Waals surface area contributed by atoms with Gasteiger partial charge in [0.25, 0.3) is 5.56 Å². The molecule has 0 saturated heterocycles. The molecule has 12 nitrogen and oxygen atoms in total. The van der Waals surface area contributed by atoms with Crippen molar-refractivity contribution in [3.8, 4) is 0 Å². The highest BCUT2D eigenvalue weighted by molar-refractivity contribution is 5.76. The number of H-pyrrole nitrogens is 1. The first kappa shape index (κ1) is 60.0. The minimum atomic E-state index is -0.782. The predicted molar refractivity (Wildman–Crippen MR) is 267 cm³/mol. The molecular weight excluding hydrogens is 821 g/mol. The molecule has 0 aromatic carbocycles. The topological polar surface area (TPSA) is 160 Å². The fourth-order valence-corrected chi connectivity index (χ4v) is 8.45. The minimum absolute atomic E-state index is 0.0363. The van der Waals surface area contributed by atoms with E-state index in [1.165, 1.54) is 109 Å². The average molecular weight is 919 g/mol. The van der Waals surface area contributed by atoms with E-state index in [4.69, 9.17) is 9.47 Å². The third-order valence-corrected chi connectivity index (χ3v) is 12.5. The van der Waals surface area contributed by atoms with Gasteiger partial charge in [-0.05, 0) is 90.1 Å². The highest BCUT2D eigenvalue weighted by Gasteiger charge is 2.16. The Labute approximate surface area is 395 Å². The first-order chi connectivity index (χ1) is 31.7. The third kappa shape index (κ3) is 36.8. The molecule has 0 aliphatic heterocycles. The van der Waals surface area contributed by atoms with Crippen molar-refractivity contribution in [2.24, 2.45) is 0 Å². The molecular formula is C53H98N4O8. The zero-order valence-corrected chi connectivity index (χ0v) is 42.0. The molecule has 1 aromatic rings. The van der Waals surface area contributed by atoms with Gasteiger partial charge < -0.3 is 24.8 Å². The van der Waals surface area contributed by atoms with Crippen LogP contribution < -0.4 is 16.6 Å². The van der Waals surface area contributed by atoms with Crippen molar-refractivity contribution in [3.63, 3.8) is 0 Å². The molecule has 12 heteroatoms. The van der Waals surface area contributed by atoms with E-state index >= 15 is 0 Å². The first-order valence-corrected chi connectivity index (χ1v) is 27.1. The lowest BCUT2D eigenvalue weighted by atomic mass is 10.0. The summed E-state index contributed by atoms with van der Waals surface area (Å²) in [5.41, 5.74) is -1.34. The zero-order chi connectivity index (χ0) is 47.4. The van der Waals surface area contributed by atoms with Crippen LogP contribution in [-0.4, -0.2) is 82.5 Å². The van der Waals surface area contributed by atoms with E-state index in [1.54, 1.807) is 0 Å². The van der Waals surface area contributed by atoms with E-state index in [9.17, 15) is 29.1 Å². The molecule has 0 bridgehead atoms. The molecule has 1 unspecified atom stereocenters. The minimum Gasteiger partial charge on any atom is -0.466 e. The second-order valence-electron chi connectivity index (χ2n) is 18.8. The van der Waals surface area contributed by atoms with E-state index in [0.29, 0.717) is 51.8 Å². The Morgan fingerprint density at radius 1 is 0.600 bits per heavy atom. The van der Waals surface area contributed by atoms with Crippen molar-refractivity contribution < 1.29 is 29.0 Å². The van der Waals surface area contributed by atoms with Crippen molar-refractivity contribution >= 4 is 18.0 Å². The number of carbonyl (C=O) groups excluding carboxylic acids is 3. The van der Waals surface area contributed by atoms with Gasteiger partial charge >= 0.3 is 23.7 Å². The van der Waals surface area contributed by atoms with Gasteiger partial charge in [0.2, 0.25) is 0 Å². The van der Waals surface area contributed by atoms with Crippen molar-refractivity contribution in [1.82, 2.24) is 19.8 Å². The Kier molecular flexibility index (Phi) is 40.2. The van der Waals surface area contributed by atoms with E-state index in [0.717, 1.165) is 120 Å². The van der Waals surface area contributed by atoms with Crippen LogP contribution in [0.3, 0.4) is 0 Å². The molecule has 1 atom stereocenters. The summed E-state index contributed by atoms with van der Waals surface area (Å²) in [7, 11) is 0. The number of unbranched alkanes of at least 4 members (excludes halogenated alkanes) is 25. The predicted octanol–water partition coefficient (Wildman–Crippen LogP) is 12.3. The van der Waals surface area contributed by atoms with Crippen LogP contribution in [-0.2, 0) is 19.1 Å². The zero-order valence-electron chi connectivity index (χ0n) is 42.0. The van der Waals surface area contributed by atoms with Gasteiger partial charge in [0.05, 0.1) is 12.7 Å². The van der Waals surface area contributed by atoms with Crippen LogP contribution in [0.4, 0.5) is 4.79 Å². The molecule has 0 saturated carbocycles. The molecule has 0 spiro atoms. The van der Waals surface area contributed by atoms with E-state index < -0.39 is 23.4 Å². The Bertz CT molecular complexity index is 1380. The molecule has 0 aliphatic rings. The maximum absolute atomic E-state index is 12.9. The summed E-state index contributed by atoms with van der Waals surface area (Å²) >= 11 is 0. The number of hydrogen-bond donors (Lipinski definition) is 3. The van der Waals surface area contributed by atoms with Crippen LogP contribution in [0.2, 0.25) is 0 Å². The van der Waals surface area contributed by atoms with Crippen molar-refractivity contribution in [2.75, 3.05) is 32.8 Å². The number of aromatic amines is 1. The first-order valence-electron chi connectivity index (χ1n) is 27.1. The third-order valence-electron chi connectivity index (χ3n) is 12.5. The number of ether oxygens (including phenoxy) is 2. The number of aliphatic hydroxyl groups is 1. The summed E-state index contributed by atoms with van der Waals surface area (Å²) in [6, 6.07) is 0.524. The molecule has 1 aromatic heterocycles. The van der Waals surface area contributed by atoms with Crippen LogP contribution >= 0.6 is 0 Å². The van der Waals surface area contributed by atoms with E-state index in [2.05, 4.69) is 36.0 Å². The fraction of sp³-hybridized carbons (Fsp3) is 0.868. The standard InChI is InChI=1S/C53H98N4O8/c1-4-7-10-13-16-17-18-24-34-45-64-50(60)38-29-25-33-43-56(46-47(58)35-30-31-41-54-52(62)57-44-40-49(59)55-53(57)63)42-32-23-19-22-28-39-51(61)65-48(36-26-20-14-11-8-5-2)37-27-21-15-12-9-6-3/h40,44,47-48,58H,4-39,41-43,45-46H2,1-3H3,(H,54,62)(H,55,59,63). The van der Waals surface area contributed by atoms with Gasteiger partial charge in [-0.25, -0.2) is 14.2 Å². The number of carbonyl (C=O) groups is 3. The molecule has 1 rings (SSSR count). The summed E-state index contributed by atoms with van der Waals surface area (Å²) in [6.07, 6.45) is 39.3. The molecule has 65 heavy (non-hydrogen) atoms. The van der Waals surface area contributed by atoms with Crippen molar-refractivity contribution in [2.45, 2.75) is 264 Å². The fourth-order valence-electron chi connectivity index (χ4n) is 8.45. The van der Waals surface area contributed by atoms with E-state index in [1.807, 2.05) is 0 Å². The summed E-state index contributed by atoms with van der Waals surface area (Å²) in [5, 5.41) is 13.7. The Morgan fingerprint density at radius 3 is 1.62 bits per heavy atom. The van der Waals surface area contributed by atoms with Gasteiger partial charge in [0, 0.05) is 38.2 Å². The smallest absolute Gasteiger partial charge is 0.336 e. The maximum Gasteiger partial charge on any atom is 0.336 e. The van der Waals surface area contributed by atoms with Gasteiger partial charge in [0.15, 0.2) is 0 Å². The lowest BCUT2D eigenvalue weighted by molar-refractivity contribution is -0.150. The Hall–Kier alpha value is -2.99. The van der Waals surface area contributed by atoms with Crippen LogP contribution in [0.5, 0.6) is 0 Å². The highest BCUT2D eigenvalue weighted by atomic mass is 16.5. The SMILES string of the molecule is CCCCCCCCCCCOC(=O)CCCCCN(CCCCCCCC(=O)OC(CCCCCCCC)CCCCCCCC)CC(O)CCCCNC(=O)n1ccc(=O)[nH]c1=O. The van der Waals surface area contributed by atoms with Crippen molar-refractivity contribution in [3.05, 3.63) is 33.1 Å². The molecule has 378 valence electrons. The normalized spacial score (nSPS) is 12.0.